The van der Waals surface area contributed by atoms with E-state index < -0.39 is 5.82 Å². The lowest BCUT2D eigenvalue weighted by molar-refractivity contribution is 0.208. The van der Waals surface area contributed by atoms with E-state index in [-0.39, 0.29) is 11.7 Å². The molecule has 4 rings (SSSR count). The van der Waals surface area contributed by atoms with Gasteiger partial charge in [0.15, 0.2) is 0 Å². The molecular weight excluding hydrogens is 455 g/mol. The van der Waals surface area contributed by atoms with Crippen LogP contribution in [0.25, 0.3) is 0 Å². The second-order valence-corrected chi connectivity index (χ2v) is 7.92. The minimum Gasteiger partial charge on any atom is -0.400 e. The summed E-state index contributed by atoms with van der Waals surface area (Å²) in [7, 11) is 1.00. The maximum atomic E-state index is 13.5. The summed E-state index contributed by atoms with van der Waals surface area (Å²) in [4.78, 5) is 18.0. The number of amides is 2. The Bertz CT molecular complexity index is 1020. The fourth-order valence-corrected chi connectivity index (χ4v) is 3.40. The summed E-state index contributed by atoms with van der Waals surface area (Å²) in [5, 5.41) is 13.0. The Morgan fingerprint density at radius 2 is 1.50 bits per heavy atom. The molecule has 0 bridgehead atoms. The van der Waals surface area contributed by atoms with Crippen LogP contribution < -0.4 is 10.6 Å². The fraction of sp³-hybridized carbons (Fsp3) is 0.310. The first-order valence-electron chi connectivity index (χ1n) is 12.2. The lowest BCUT2D eigenvalue weighted by Crippen LogP contribution is -2.37. The number of carbonyl (C=O) groups is 1. The van der Waals surface area contributed by atoms with Crippen LogP contribution in [0.4, 0.5) is 14.9 Å². The first-order chi connectivity index (χ1) is 17.7. The summed E-state index contributed by atoms with van der Waals surface area (Å²) >= 11 is 0. The van der Waals surface area contributed by atoms with E-state index in [9.17, 15) is 9.18 Å². The Kier molecular flexibility index (Phi) is 14.0. The summed E-state index contributed by atoms with van der Waals surface area (Å²) < 4.78 is 13.5. The Hall–Kier alpha value is -3.73. The zero-order valence-electron chi connectivity index (χ0n) is 20.8. The molecule has 7 heteroatoms. The van der Waals surface area contributed by atoms with E-state index in [1.54, 1.807) is 35.5 Å². The number of rotatable bonds is 1. The van der Waals surface area contributed by atoms with Crippen molar-refractivity contribution in [1.29, 1.82) is 0 Å². The van der Waals surface area contributed by atoms with Crippen LogP contribution in [-0.4, -0.2) is 54.3 Å². The molecule has 0 unspecified atom stereocenters. The smallest absolute Gasteiger partial charge is 0.321 e. The largest absolute Gasteiger partial charge is 0.400 e. The molecule has 3 aromatic rings. The summed E-state index contributed by atoms with van der Waals surface area (Å²) in [6, 6.07) is 19.8. The molecule has 0 atom stereocenters. The highest BCUT2D eigenvalue weighted by atomic mass is 19.1. The third-order valence-electron chi connectivity index (χ3n) is 5.25. The zero-order valence-corrected chi connectivity index (χ0v) is 20.8. The average molecular weight is 491 g/mol. The molecule has 190 valence electrons. The minimum atomic E-state index is -0.397. The average Bonchev–Trinajstić information content (AvgIpc) is 2.94. The Morgan fingerprint density at radius 3 is 2.14 bits per heavy atom. The molecule has 3 N–H and O–H groups in total. The first kappa shape index (κ1) is 28.5. The zero-order chi connectivity index (χ0) is 25.8. The number of aliphatic hydroxyl groups is 1. The van der Waals surface area contributed by atoms with E-state index in [2.05, 4.69) is 27.5 Å². The van der Waals surface area contributed by atoms with Gasteiger partial charge in [0.25, 0.3) is 0 Å². The van der Waals surface area contributed by atoms with Crippen molar-refractivity contribution in [3.63, 3.8) is 0 Å². The number of nitrogens with one attached hydrogen (secondary N) is 2. The van der Waals surface area contributed by atoms with Crippen molar-refractivity contribution in [1.82, 2.24) is 15.2 Å². The van der Waals surface area contributed by atoms with E-state index in [0.717, 1.165) is 70.1 Å². The number of pyridine rings is 1. The van der Waals surface area contributed by atoms with Gasteiger partial charge < -0.3 is 20.6 Å². The maximum Gasteiger partial charge on any atom is 0.321 e. The predicted molar refractivity (Wildman–Crippen MR) is 143 cm³/mol. The van der Waals surface area contributed by atoms with Gasteiger partial charge in [0, 0.05) is 43.7 Å². The van der Waals surface area contributed by atoms with Crippen LogP contribution in [-0.2, 0) is 0 Å². The van der Waals surface area contributed by atoms with Gasteiger partial charge in [0.2, 0.25) is 0 Å². The van der Waals surface area contributed by atoms with E-state index in [4.69, 9.17) is 5.11 Å². The van der Waals surface area contributed by atoms with Crippen LogP contribution in [0.5, 0.6) is 0 Å². The molecule has 2 amide bonds. The summed E-state index contributed by atoms with van der Waals surface area (Å²) in [5.74, 6) is 5.72. The lowest BCUT2D eigenvalue weighted by atomic mass is 10.2. The van der Waals surface area contributed by atoms with Crippen molar-refractivity contribution in [2.45, 2.75) is 25.7 Å². The number of urea groups is 1. The monoisotopic (exact) mass is 490 g/mol. The van der Waals surface area contributed by atoms with E-state index in [1.807, 2.05) is 42.5 Å². The molecule has 0 radical (unpaired) electrons. The van der Waals surface area contributed by atoms with Gasteiger partial charge >= 0.3 is 6.03 Å². The van der Waals surface area contributed by atoms with Crippen molar-refractivity contribution in [3.05, 3.63) is 96.1 Å². The second kappa shape index (κ2) is 17.7. The van der Waals surface area contributed by atoms with Gasteiger partial charge in [-0.15, -0.1) is 0 Å². The highest BCUT2D eigenvalue weighted by Gasteiger charge is 2.15. The van der Waals surface area contributed by atoms with Crippen molar-refractivity contribution in [3.8, 4) is 11.8 Å². The molecule has 2 aromatic carbocycles. The van der Waals surface area contributed by atoms with E-state index >= 15 is 0 Å². The molecule has 1 aromatic heterocycles. The van der Waals surface area contributed by atoms with Crippen LogP contribution in [0.2, 0.25) is 0 Å². The molecule has 0 spiro atoms. The van der Waals surface area contributed by atoms with Crippen molar-refractivity contribution in [2.75, 3.05) is 38.6 Å². The molecular formula is C29H35FN4O2. The van der Waals surface area contributed by atoms with E-state index in [1.165, 1.54) is 6.07 Å². The fourth-order valence-electron chi connectivity index (χ4n) is 3.40. The number of halogens is 1. The SMILES string of the molecule is C(#Cc1cccnc1)c1ccccc1.CO.O=C(Nc1ccccc1F)N1CCCCNCCCC1. The molecule has 1 fully saturated rings. The topological polar surface area (TPSA) is 77.5 Å². The number of carbonyl (C=O) groups excluding carboxylic acids is 1. The predicted octanol–water partition coefficient (Wildman–Crippen LogP) is 4.91. The van der Waals surface area contributed by atoms with Crippen molar-refractivity contribution >= 4 is 11.7 Å². The number of hydrogen-bond donors (Lipinski definition) is 3. The molecule has 36 heavy (non-hydrogen) atoms. The number of benzene rings is 2. The highest BCUT2D eigenvalue weighted by molar-refractivity contribution is 5.89. The number of hydrogen-bond acceptors (Lipinski definition) is 4. The van der Waals surface area contributed by atoms with Crippen LogP contribution >= 0.6 is 0 Å². The third-order valence-corrected chi connectivity index (χ3v) is 5.25. The normalized spacial score (nSPS) is 13.4. The summed E-state index contributed by atoms with van der Waals surface area (Å²) in [6.07, 6.45) is 7.56. The maximum absolute atomic E-state index is 13.5. The lowest BCUT2D eigenvalue weighted by Gasteiger charge is -2.24. The standard InChI is InChI=1S/C15H22FN3O.C13H9N.CH4O/c16-13-7-1-2-8-14(13)18-15(20)19-11-5-3-9-17-10-4-6-12-19;1-2-5-12(6-3-1)8-9-13-7-4-10-14-11-13;1-2/h1-2,7-8,17H,3-6,9-12H2,(H,18,20);1-7,10-11H;2H,1H3. The van der Waals surface area contributed by atoms with Gasteiger partial charge in [-0.2, -0.15) is 0 Å². The number of aliphatic hydroxyl groups excluding tert-OH is 1. The number of anilines is 1. The van der Waals surface area contributed by atoms with Gasteiger partial charge in [-0.25, -0.2) is 9.18 Å². The Balaban J connectivity index is 0.000000250. The van der Waals surface area contributed by atoms with Gasteiger partial charge in [0.05, 0.1) is 5.69 Å². The molecule has 6 nitrogen and oxygen atoms in total. The van der Waals surface area contributed by atoms with Crippen LogP contribution in [0.3, 0.4) is 0 Å². The number of aromatic nitrogens is 1. The van der Waals surface area contributed by atoms with Gasteiger partial charge in [-0.3, -0.25) is 4.98 Å². The molecule has 1 saturated heterocycles. The van der Waals surface area contributed by atoms with Crippen LogP contribution in [0.1, 0.15) is 36.8 Å². The van der Waals surface area contributed by atoms with Gasteiger partial charge in [-0.1, -0.05) is 42.2 Å². The quantitative estimate of drug-likeness (QED) is 0.424. The van der Waals surface area contributed by atoms with Crippen LogP contribution in [0.15, 0.2) is 79.1 Å². The first-order valence-corrected chi connectivity index (χ1v) is 12.2. The van der Waals surface area contributed by atoms with Crippen molar-refractivity contribution in [2.24, 2.45) is 0 Å². The van der Waals surface area contributed by atoms with E-state index in [0.29, 0.717) is 0 Å². The summed E-state index contributed by atoms with van der Waals surface area (Å²) in [5.41, 5.74) is 2.21. The minimum absolute atomic E-state index is 0.205. The molecule has 1 aliphatic heterocycles. The number of nitrogens with zero attached hydrogens (tertiary/aromatic N) is 2. The van der Waals surface area contributed by atoms with Crippen LogP contribution in [0, 0.1) is 17.7 Å². The molecule has 1 aliphatic rings. The third kappa shape index (κ3) is 11.1. The van der Waals surface area contributed by atoms with Gasteiger partial charge in [-0.05, 0) is 75.2 Å². The Labute approximate surface area is 213 Å². The second-order valence-electron chi connectivity index (χ2n) is 7.92. The van der Waals surface area contributed by atoms with Gasteiger partial charge in [0.1, 0.15) is 5.82 Å². The highest BCUT2D eigenvalue weighted by Crippen LogP contribution is 2.14. The number of para-hydroxylation sites is 1. The van der Waals surface area contributed by atoms with Crippen molar-refractivity contribution < 1.29 is 14.3 Å². The molecule has 0 aliphatic carbocycles. The Morgan fingerprint density at radius 1 is 0.889 bits per heavy atom. The summed E-state index contributed by atoms with van der Waals surface area (Å²) in [6.45, 7) is 3.45. The molecule has 2 heterocycles. The molecule has 0 saturated carbocycles.